The maximum Gasteiger partial charge on any atom is 0.419 e. The first-order chi connectivity index (χ1) is 14.8. The third-order valence-electron chi connectivity index (χ3n) is 5.19. The molecule has 0 saturated carbocycles. The third-order valence-corrected chi connectivity index (χ3v) is 5.19. The molecule has 0 spiro atoms. The Kier molecular flexibility index (Phi) is 5.95. The van der Waals surface area contributed by atoms with Crippen LogP contribution in [-0.4, -0.2) is 33.0 Å². The van der Waals surface area contributed by atoms with Gasteiger partial charge in [0.25, 0.3) is 0 Å². The first-order valence-electron chi connectivity index (χ1n) is 10.1. The molecular formula is C22H22F4N4O. The molecule has 1 aliphatic rings. The summed E-state index contributed by atoms with van der Waals surface area (Å²) in [5, 5.41) is 8.00. The van der Waals surface area contributed by atoms with Gasteiger partial charge in [-0.05, 0) is 54.3 Å². The molecule has 0 radical (unpaired) electrons. The summed E-state index contributed by atoms with van der Waals surface area (Å²) < 4.78 is 59.4. The van der Waals surface area contributed by atoms with Gasteiger partial charge in [0.15, 0.2) is 0 Å². The van der Waals surface area contributed by atoms with Gasteiger partial charge in [-0.25, -0.2) is 9.07 Å². The fourth-order valence-corrected chi connectivity index (χ4v) is 3.63. The molecule has 3 aromatic rings. The summed E-state index contributed by atoms with van der Waals surface area (Å²) in [5.41, 5.74) is 1.90. The van der Waals surface area contributed by atoms with Crippen molar-refractivity contribution < 1.29 is 22.3 Å². The van der Waals surface area contributed by atoms with E-state index < -0.39 is 17.6 Å². The molecular weight excluding hydrogens is 412 g/mol. The lowest BCUT2D eigenvalue weighted by molar-refractivity contribution is -0.140. The Balaban J connectivity index is 1.44. The average Bonchev–Trinajstić information content (AvgIpc) is 3.20. The van der Waals surface area contributed by atoms with Crippen molar-refractivity contribution in [3.05, 3.63) is 70.8 Å². The molecule has 4 rings (SSSR count). The lowest BCUT2D eigenvalue weighted by Gasteiger charge is -2.28. The van der Waals surface area contributed by atoms with Crippen LogP contribution in [0.4, 0.5) is 17.6 Å². The fraction of sp³-hybridized carbons (Fsp3) is 0.364. The van der Waals surface area contributed by atoms with Crippen LogP contribution in [0.2, 0.25) is 0 Å². The van der Waals surface area contributed by atoms with Gasteiger partial charge in [-0.15, -0.1) is 5.10 Å². The molecule has 0 saturated heterocycles. The highest BCUT2D eigenvalue weighted by molar-refractivity contribution is 5.38. The summed E-state index contributed by atoms with van der Waals surface area (Å²) in [6, 6.07) is 8.91. The largest absolute Gasteiger partial charge is 0.494 e. The van der Waals surface area contributed by atoms with Crippen molar-refractivity contribution in [3.8, 4) is 11.4 Å². The summed E-state index contributed by atoms with van der Waals surface area (Å²) in [4.78, 5) is 2.20. The van der Waals surface area contributed by atoms with E-state index in [1.807, 2.05) is 6.07 Å². The van der Waals surface area contributed by atoms with Crippen molar-refractivity contribution in [1.82, 2.24) is 19.9 Å². The van der Waals surface area contributed by atoms with Gasteiger partial charge in [0.1, 0.15) is 11.6 Å². The van der Waals surface area contributed by atoms with Crippen LogP contribution in [0.15, 0.2) is 42.6 Å². The Morgan fingerprint density at radius 1 is 1.10 bits per heavy atom. The molecule has 0 amide bonds. The van der Waals surface area contributed by atoms with Crippen LogP contribution in [0.3, 0.4) is 0 Å². The molecule has 31 heavy (non-hydrogen) atoms. The normalized spacial score (nSPS) is 14.5. The van der Waals surface area contributed by atoms with Crippen molar-refractivity contribution in [2.24, 2.45) is 0 Å². The van der Waals surface area contributed by atoms with E-state index in [9.17, 15) is 17.6 Å². The van der Waals surface area contributed by atoms with E-state index in [0.717, 1.165) is 43.8 Å². The van der Waals surface area contributed by atoms with Crippen LogP contribution >= 0.6 is 0 Å². The molecule has 0 N–H and O–H groups in total. The molecule has 2 heterocycles. The predicted octanol–water partition coefficient (Wildman–Crippen LogP) is 4.77. The van der Waals surface area contributed by atoms with E-state index in [1.165, 1.54) is 21.9 Å². The van der Waals surface area contributed by atoms with Gasteiger partial charge in [-0.3, -0.25) is 4.90 Å². The zero-order valence-corrected chi connectivity index (χ0v) is 17.0. The van der Waals surface area contributed by atoms with Crippen LogP contribution in [-0.2, 0) is 25.7 Å². The molecule has 1 aliphatic heterocycles. The number of ether oxygens (including phenoxy) is 1. The zero-order valence-electron chi connectivity index (χ0n) is 17.0. The highest BCUT2D eigenvalue weighted by Crippen LogP contribution is 2.32. The smallest absolute Gasteiger partial charge is 0.419 e. The van der Waals surface area contributed by atoms with Crippen molar-refractivity contribution in [2.45, 2.75) is 39.0 Å². The maximum atomic E-state index is 13.5. The highest BCUT2D eigenvalue weighted by Gasteiger charge is 2.34. The minimum absolute atomic E-state index is 0.107. The van der Waals surface area contributed by atoms with Crippen LogP contribution in [0.1, 0.15) is 35.7 Å². The first-order valence-corrected chi connectivity index (χ1v) is 10.1. The molecule has 0 atom stereocenters. The van der Waals surface area contributed by atoms with E-state index in [1.54, 1.807) is 6.20 Å². The van der Waals surface area contributed by atoms with Crippen molar-refractivity contribution in [1.29, 1.82) is 0 Å². The maximum absolute atomic E-state index is 13.5. The van der Waals surface area contributed by atoms with Gasteiger partial charge in [0.05, 0.1) is 29.7 Å². The molecule has 164 valence electrons. The zero-order chi connectivity index (χ0) is 22.0. The summed E-state index contributed by atoms with van der Waals surface area (Å²) >= 11 is 0. The number of aromatic nitrogens is 3. The number of nitrogens with zero attached hydrogens (tertiary/aromatic N) is 4. The Bertz CT molecular complexity index is 1060. The van der Waals surface area contributed by atoms with Crippen LogP contribution in [0.5, 0.6) is 5.75 Å². The minimum atomic E-state index is -4.77. The van der Waals surface area contributed by atoms with E-state index >= 15 is 0 Å². The molecule has 0 fully saturated rings. The highest BCUT2D eigenvalue weighted by atomic mass is 19.4. The number of benzene rings is 2. The number of rotatable bonds is 6. The Labute approximate surface area is 177 Å². The standard InChI is InChI=1S/C22H22F4N4O/c1-2-9-31-19-5-3-16-12-29(8-7-15(16)10-19)13-17-14-30(28-27-17)18-4-6-21(23)20(11-18)22(24,25)26/h3-6,10-11,14H,2,7-9,12-13H2,1H3. The SMILES string of the molecule is CCCOc1ccc2c(c1)CCN(Cc1cn(-c3ccc(F)c(C(F)(F)F)c3)nn1)C2. The molecule has 0 unspecified atom stereocenters. The minimum Gasteiger partial charge on any atom is -0.494 e. The van der Waals surface area contributed by atoms with E-state index in [2.05, 4.69) is 34.3 Å². The van der Waals surface area contributed by atoms with E-state index in [0.29, 0.717) is 18.8 Å². The number of fused-ring (bicyclic) bond motifs is 1. The molecule has 2 aromatic carbocycles. The van der Waals surface area contributed by atoms with Gasteiger partial charge >= 0.3 is 6.18 Å². The van der Waals surface area contributed by atoms with Gasteiger partial charge in [-0.1, -0.05) is 18.2 Å². The summed E-state index contributed by atoms with van der Waals surface area (Å²) in [7, 11) is 0. The lowest BCUT2D eigenvalue weighted by Crippen LogP contribution is -2.30. The number of halogens is 4. The van der Waals surface area contributed by atoms with Crippen LogP contribution in [0.25, 0.3) is 5.69 Å². The van der Waals surface area contributed by atoms with Crippen molar-refractivity contribution >= 4 is 0 Å². The summed E-state index contributed by atoms with van der Waals surface area (Å²) in [5.74, 6) is -0.429. The van der Waals surface area contributed by atoms with Crippen molar-refractivity contribution in [2.75, 3.05) is 13.2 Å². The average molecular weight is 434 g/mol. The van der Waals surface area contributed by atoms with Crippen molar-refractivity contribution in [3.63, 3.8) is 0 Å². The second-order valence-electron chi connectivity index (χ2n) is 7.56. The van der Waals surface area contributed by atoms with E-state index in [-0.39, 0.29) is 5.69 Å². The molecule has 9 heteroatoms. The Morgan fingerprint density at radius 2 is 1.94 bits per heavy atom. The Hall–Kier alpha value is -2.94. The lowest BCUT2D eigenvalue weighted by atomic mass is 9.99. The van der Waals surface area contributed by atoms with Gasteiger partial charge < -0.3 is 4.74 Å². The number of hydrogen-bond acceptors (Lipinski definition) is 4. The Morgan fingerprint density at radius 3 is 2.71 bits per heavy atom. The quantitative estimate of drug-likeness (QED) is 0.524. The third kappa shape index (κ3) is 4.87. The van der Waals surface area contributed by atoms with Crippen LogP contribution in [0, 0.1) is 5.82 Å². The predicted molar refractivity (Wildman–Crippen MR) is 106 cm³/mol. The summed E-state index contributed by atoms with van der Waals surface area (Å²) in [6.45, 7) is 4.84. The molecule has 0 aliphatic carbocycles. The van der Waals surface area contributed by atoms with Gasteiger partial charge in [-0.2, -0.15) is 13.2 Å². The fourth-order valence-electron chi connectivity index (χ4n) is 3.63. The molecule has 5 nitrogen and oxygen atoms in total. The summed E-state index contributed by atoms with van der Waals surface area (Å²) in [6.07, 6.45) is -1.36. The van der Waals surface area contributed by atoms with Gasteiger partial charge in [0.2, 0.25) is 0 Å². The monoisotopic (exact) mass is 434 g/mol. The molecule has 0 bridgehead atoms. The van der Waals surface area contributed by atoms with E-state index in [4.69, 9.17) is 4.74 Å². The van der Waals surface area contributed by atoms with Crippen LogP contribution < -0.4 is 4.74 Å². The number of hydrogen-bond donors (Lipinski definition) is 0. The second kappa shape index (κ2) is 8.66. The second-order valence-corrected chi connectivity index (χ2v) is 7.56. The topological polar surface area (TPSA) is 43.2 Å². The number of alkyl halides is 3. The first kappa shape index (κ1) is 21.3. The molecule has 1 aromatic heterocycles. The van der Waals surface area contributed by atoms with Gasteiger partial charge in [0, 0.05) is 19.6 Å².